The van der Waals surface area contributed by atoms with Crippen LogP contribution < -0.4 is 21.7 Å². The standard InChI is InChI=1S/C30H40Cl2N8O5.CH2O2/c1-39-18-25(24-16-23(31)17-27(32)26(24)19-39)21-3-2-4-22(15-21)28-20-40(38-37-28)8-10-44-12-14-45-13-11-43-9-7-36-30(42)35-6-5-34-29(33)41;2-1-3/h2-4,15-17,20,25H,5-14,18-19H2,1H3,(H3,33,34,41)(H2,35,36,42);1H,(H,2,3)/t25-;/m0./s1. The summed E-state index contributed by atoms with van der Waals surface area (Å²) in [6.45, 7) is 5.41. The van der Waals surface area contributed by atoms with E-state index in [0.29, 0.717) is 62.8 Å². The summed E-state index contributed by atoms with van der Waals surface area (Å²) < 4.78 is 18.4. The van der Waals surface area contributed by atoms with Crippen LogP contribution in [0.2, 0.25) is 10.0 Å². The normalized spacial score (nSPS) is 13.9. The van der Waals surface area contributed by atoms with Gasteiger partial charge in [-0.05, 0) is 41.9 Å². The van der Waals surface area contributed by atoms with Crippen LogP contribution in [0, 0.1) is 0 Å². The molecule has 0 radical (unpaired) electrons. The van der Waals surface area contributed by atoms with Gasteiger partial charge in [-0.15, -0.1) is 5.10 Å². The molecular weight excluding hydrogens is 667 g/mol. The fourth-order valence-corrected chi connectivity index (χ4v) is 5.52. The Balaban J connectivity index is 0.00000201. The Morgan fingerprint density at radius 3 is 2.40 bits per heavy atom. The second kappa shape index (κ2) is 21.1. The van der Waals surface area contributed by atoms with Gasteiger partial charge in [0.25, 0.3) is 6.47 Å². The zero-order chi connectivity index (χ0) is 34.7. The smallest absolute Gasteiger partial charge is 0.314 e. The van der Waals surface area contributed by atoms with E-state index in [9.17, 15) is 9.59 Å². The molecule has 1 aliphatic rings. The molecule has 15 nitrogen and oxygen atoms in total. The highest BCUT2D eigenvalue weighted by molar-refractivity contribution is 6.35. The summed E-state index contributed by atoms with van der Waals surface area (Å²) >= 11 is 12.9. The number of rotatable bonds is 17. The summed E-state index contributed by atoms with van der Waals surface area (Å²) in [6.07, 6.45) is 1.92. The first kappa shape index (κ1) is 38.5. The van der Waals surface area contributed by atoms with E-state index < -0.39 is 6.03 Å². The van der Waals surface area contributed by atoms with Crippen LogP contribution in [0.15, 0.2) is 42.6 Å². The van der Waals surface area contributed by atoms with Crippen molar-refractivity contribution in [3.8, 4) is 11.3 Å². The van der Waals surface area contributed by atoms with E-state index in [1.54, 1.807) is 4.68 Å². The number of benzene rings is 2. The molecule has 1 aliphatic heterocycles. The Morgan fingerprint density at radius 1 is 1.00 bits per heavy atom. The van der Waals surface area contributed by atoms with E-state index >= 15 is 0 Å². The van der Waals surface area contributed by atoms with E-state index in [1.807, 2.05) is 30.5 Å². The fourth-order valence-electron chi connectivity index (χ4n) is 4.95. The lowest BCUT2D eigenvalue weighted by Gasteiger charge is -2.33. The lowest BCUT2D eigenvalue weighted by molar-refractivity contribution is -0.122. The number of carbonyl (C=O) groups excluding carboxylic acids is 2. The quantitative estimate of drug-likeness (QED) is 0.103. The zero-order valence-electron chi connectivity index (χ0n) is 26.7. The number of primary amides is 1. The molecule has 0 aliphatic carbocycles. The Bertz CT molecular complexity index is 1460. The summed E-state index contributed by atoms with van der Waals surface area (Å²) in [4.78, 5) is 32.7. The molecule has 4 rings (SSSR count). The number of hydrogen-bond acceptors (Lipinski definition) is 9. The molecule has 0 bridgehead atoms. The molecule has 48 heavy (non-hydrogen) atoms. The van der Waals surface area contributed by atoms with Crippen LogP contribution in [0.3, 0.4) is 0 Å². The number of carboxylic acid groups (broad SMARTS) is 1. The summed E-state index contributed by atoms with van der Waals surface area (Å²) in [5.74, 6) is 0.146. The second-order valence-corrected chi connectivity index (χ2v) is 11.5. The Kier molecular flexibility index (Phi) is 16.9. The lowest BCUT2D eigenvalue weighted by atomic mass is 9.84. The molecular formula is C31H42Cl2N8O7. The minimum Gasteiger partial charge on any atom is -0.483 e. The van der Waals surface area contributed by atoms with Crippen LogP contribution in [-0.4, -0.2) is 116 Å². The summed E-state index contributed by atoms with van der Waals surface area (Å²) in [7, 11) is 2.10. The van der Waals surface area contributed by atoms with Gasteiger partial charge in [0, 0.05) is 54.3 Å². The number of aromatic nitrogens is 3. The predicted octanol–water partition coefficient (Wildman–Crippen LogP) is 2.55. The topological polar surface area (TPSA) is 195 Å². The van der Waals surface area contributed by atoms with Gasteiger partial charge in [0.2, 0.25) is 0 Å². The van der Waals surface area contributed by atoms with Gasteiger partial charge < -0.3 is 45.9 Å². The zero-order valence-corrected chi connectivity index (χ0v) is 28.2. The Morgan fingerprint density at radius 2 is 1.67 bits per heavy atom. The van der Waals surface area contributed by atoms with E-state index in [1.165, 1.54) is 11.1 Å². The summed E-state index contributed by atoms with van der Waals surface area (Å²) in [5, 5.41) is 24.5. The average Bonchev–Trinajstić information content (AvgIpc) is 3.53. The Labute approximate surface area is 289 Å². The Hall–Kier alpha value is -3.99. The first-order chi connectivity index (χ1) is 23.2. The highest BCUT2D eigenvalue weighted by atomic mass is 35.5. The third kappa shape index (κ3) is 13.3. The van der Waals surface area contributed by atoms with Crippen molar-refractivity contribution in [3.63, 3.8) is 0 Å². The lowest BCUT2D eigenvalue weighted by Crippen LogP contribution is -2.42. The molecule has 2 aromatic carbocycles. The van der Waals surface area contributed by atoms with E-state index in [-0.39, 0.29) is 31.5 Å². The first-order valence-electron chi connectivity index (χ1n) is 15.2. The first-order valence-corrected chi connectivity index (χ1v) is 16.0. The number of nitrogens with zero attached hydrogens (tertiary/aromatic N) is 4. The predicted molar refractivity (Wildman–Crippen MR) is 180 cm³/mol. The van der Waals surface area contributed by atoms with Crippen molar-refractivity contribution < 1.29 is 33.7 Å². The van der Waals surface area contributed by atoms with Crippen molar-refractivity contribution in [2.75, 3.05) is 72.9 Å². The summed E-state index contributed by atoms with van der Waals surface area (Å²) in [6, 6.07) is 11.2. The number of fused-ring (bicyclic) bond motifs is 1. The van der Waals surface area contributed by atoms with Crippen molar-refractivity contribution in [1.29, 1.82) is 0 Å². The largest absolute Gasteiger partial charge is 0.483 e. The monoisotopic (exact) mass is 708 g/mol. The molecule has 1 atom stereocenters. The van der Waals surface area contributed by atoms with Crippen molar-refractivity contribution >= 4 is 41.7 Å². The van der Waals surface area contributed by atoms with Crippen LogP contribution >= 0.6 is 23.2 Å². The van der Waals surface area contributed by atoms with Crippen LogP contribution in [0.5, 0.6) is 0 Å². The van der Waals surface area contributed by atoms with E-state index in [4.69, 9.17) is 53.0 Å². The maximum absolute atomic E-state index is 11.6. The molecule has 2 heterocycles. The van der Waals surface area contributed by atoms with Gasteiger partial charge in [0.15, 0.2) is 0 Å². The number of halogens is 2. The van der Waals surface area contributed by atoms with Crippen LogP contribution in [0.1, 0.15) is 22.6 Å². The number of carbonyl (C=O) groups is 3. The molecule has 17 heteroatoms. The molecule has 0 fully saturated rings. The van der Waals surface area contributed by atoms with Gasteiger partial charge in [-0.3, -0.25) is 4.79 Å². The van der Waals surface area contributed by atoms with Gasteiger partial charge >= 0.3 is 12.1 Å². The molecule has 0 unspecified atom stereocenters. The number of ether oxygens (including phenoxy) is 3. The summed E-state index contributed by atoms with van der Waals surface area (Å²) in [5.41, 5.74) is 10.2. The van der Waals surface area contributed by atoms with Gasteiger partial charge in [0.05, 0.1) is 52.4 Å². The molecule has 3 aromatic rings. The highest BCUT2D eigenvalue weighted by Gasteiger charge is 2.27. The number of amides is 4. The number of likely N-dealkylation sites (N-methyl/N-ethyl adjacent to an activating group) is 1. The van der Waals surface area contributed by atoms with Crippen molar-refractivity contribution in [2.45, 2.75) is 19.0 Å². The van der Waals surface area contributed by atoms with Crippen molar-refractivity contribution in [1.82, 2.24) is 35.8 Å². The second-order valence-electron chi connectivity index (χ2n) is 10.6. The minimum atomic E-state index is -0.632. The fraction of sp³-hybridized carbons (Fsp3) is 0.452. The van der Waals surface area contributed by atoms with Gasteiger partial charge in [-0.1, -0.05) is 46.6 Å². The van der Waals surface area contributed by atoms with Crippen LogP contribution in [-0.2, 0) is 32.1 Å². The number of nitrogens with one attached hydrogen (secondary N) is 3. The van der Waals surface area contributed by atoms with Crippen molar-refractivity contribution in [2.24, 2.45) is 5.73 Å². The number of nitrogens with two attached hydrogens (primary N) is 1. The van der Waals surface area contributed by atoms with Gasteiger partial charge in [-0.2, -0.15) is 0 Å². The molecule has 4 amide bonds. The van der Waals surface area contributed by atoms with Crippen molar-refractivity contribution in [3.05, 3.63) is 69.3 Å². The molecule has 6 N–H and O–H groups in total. The molecule has 0 saturated carbocycles. The number of hydrogen-bond donors (Lipinski definition) is 5. The van der Waals surface area contributed by atoms with E-state index in [0.717, 1.165) is 29.9 Å². The maximum Gasteiger partial charge on any atom is 0.314 e. The van der Waals surface area contributed by atoms with E-state index in [2.05, 4.69) is 50.3 Å². The van der Waals surface area contributed by atoms with Gasteiger partial charge in [0.1, 0.15) is 5.69 Å². The third-order valence-corrected chi connectivity index (χ3v) is 7.62. The molecule has 262 valence electrons. The van der Waals surface area contributed by atoms with Crippen LogP contribution in [0.4, 0.5) is 9.59 Å². The molecule has 1 aromatic heterocycles. The molecule has 0 saturated heterocycles. The average molecular weight is 710 g/mol. The third-order valence-electron chi connectivity index (χ3n) is 7.07. The van der Waals surface area contributed by atoms with Crippen LogP contribution in [0.25, 0.3) is 11.3 Å². The van der Waals surface area contributed by atoms with Gasteiger partial charge in [-0.25, -0.2) is 14.3 Å². The molecule has 0 spiro atoms. The minimum absolute atomic E-state index is 0.146. The SMILES string of the molecule is CN1Cc2c(Cl)cc(Cl)cc2[C@H](c2cccc(-c3cn(CCOCCOCCOCCNC(=O)NCCNC(N)=O)nn3)c2)C1.O=CO. The highest BCUT2D eigenvalue weighted by Crippen LogP contribution is 2.39. The number of urea groups is 2. The maximum atomic E-state index is 11.6.